The highest BCUT2D eigenvalue weighted by molar-refractivity contribution is 7.88. The van der Waals surface area contributed by atoms with Gasteiger partial charge in [-0.3, -0.25) is 4.79 Å². The lowest BCUT2D eigenvalue weighted by atomic mass is 10.2. The van der Waals surface area contributed by atoms with Crippen molar-refractivity contribution >= 4 is 15.9 Å². The zero-order chi connectivity index (χ0) is 18.3. The molecule has 0 radical (unpaired) electrons. The normalized spacial score (nSPS) is 11.6. The molecule has 0 aliphatic heterocycles. The lowest BCUT2D eigenvalue weighted by Gasteiger charge is -2.21. The fourth-order valence-corrected chi connectivity index (χ4v) is 3.05. The summed E-state index contributed by atoms with van der Waals surface area (Å²) in [4.78, 5) is 12.1. The van der Waals surface area contributed by atoms with Crippen molar-refractivity contribution in [1.29, 1.82) is 0 Å². The molecule has 0 aliphatic carbocycles. The summed E-state index contributed by atoms with van der Waals surface area (Å²) in [7, 11) is -0.334. The number of rotatable bonds is 9. The summed E-state index contributed by atoms with van der Waals surface area (Å²) in [5.74, 6) is 0.962. The molecule has 8 heteroatoms. The summed E-state index contributed by atoms with van der Waals surface area (Å²) in [6, 6.07) is 5.33. The van der Waals surface area contributed by atoms with Crippen molar-refractivity contribution in [3.8, 4) is 11.5 Å². The lowest BCUT2D eigenvalue weighted by molar-refractivity contribution is -0.121. The molecule has 0 saturated carbocycles. The molecule has 0 fully saturated rings. The fraction of sp³-hybridized carbons (Fsp3) is 0.562. The Bertz CT molecular complexity index is 658. The zero-order valence-corrected chi connectivity index (χ0v) is 15.6. The van der Waals surface area contributed by atoms with Gasteiger partial charge in [0, 0.05) is 13.1 Å². The van der Waals surface area contributed by atoms with Crippen LogP contribution in [-0.4, -0.2) is 52.2 Å². The van der Waals surface area contributed by atoms with Crippen LogP contribution in [0.15, 0.2) is 18.2 Å². The van der Waals surface area contributed by atoms with Crippen molar-refractivity contribution in [2.75, 3.05) is 33.6 Å². The van der Waals surface area contributed by atoms with Crippen molar-refractivity contribution in [3.63, 3.8) is 0 Å². The van der Waals surface area contributed by atoms with Gasteiger partial charge in [-0.25, -0.2) is 8.42 Å². The van der Waals surface area contributed by atoms with Crippen LogP contribution in [0, 0.1) is 5.92 Å². The summed E-state index contributed by atoms with van der Waals surface area (Å²) in [5, 5.41) is 2.72. The van der Waals surface area contributed by atoms with Crippen molar-refractivity contribution in [1.82, 2.24) is 9.62 Å². The largest absolute Gasteiger partial charge is 0.493 e. The molecule has 0 aromatic heterocycles. The average Bonchev–Trinajstić information content (AvgIpc) is 2.50. The van der Waals surface area contributed by atoms with Crippen LogP contribution in [0.25, 0.3) is 0 Å². The third kappa shape index (κ3) is 6.37. The highest BCUT2D eigenvalue weighted by atomic mass is 32.2. The number of benzene rings is 1. The molecule has 0 bridgehead atoms. The zero-order valence-electron chi connectivity index (χ0n) is 14.8. The molecule has 1 N–H and O–H groups in total. The van der Waals surface area contributed by atoms with Gasteiger partial charge in [0.2, 0.25) is 15.9 Å². The Balaban J connectivity index is 2.68. The number of carbonyl (C=O) groups excluding carboxylic acids is 1. The quantitative estimate of drug-likeness (QED) is 0.718. The molecule has 0 saturated heterocycles. The van der Waals surface area contributed by atoms with Gasteiger partial charge in [0.1, 0.15) is 0 Å². The molecule has 0 unspecified atom stereocenters. The van der Waals surface area contributed by atoms with E-state index in [1.165, 1.54) is 11.4 Å². The summed E-state index contributed by atoms with van der Waals surface area (Å²) in [6.45, 7) is 4.20. The Kier molecular flexibility index (Phi) is 7.50. The highest BCUT2D eigenvalue weighted by Crippen LogP contribution is 2.27. The number of methoxy groups -OCH3 is 2. The van der Waals surface area contributed by atoms with Gasteiger partial charge in [-0.15, -0.1) is 0 Å². The molecular weight excluding hydrogens is 332 g/mol. The van der Waals surface area contributed by atoms with E-state index in [0.29, 0.717) is 18.0 Å². The monoisotopic (exact) mass is 358 g/mol. The third-order valence-electron chi connectivity index (χ3n) is 3.30. The van der Waals surface area contributed by atoms with Crippen LogP contribution in [-0.2, 0) is 21.4 Å². The maximum absolute atomic E-state index is 12.1. The van der Waals surface area contributed by atoms with Gasteiger partial charge in [0.05, 0.1) is 27.0 Å². The average molecular weight is 358 g/mol. The van der Waals surface area contributed by atoms with Gasteiger partial charge in [0.15, 0.2) is 11.5 Å². The minimum atomic E-state index is -3.42. The Hall–Kier alpha value is -1.80. The van der Waals surface area contributed by atoms with Gasteiger partial charge >= 0.3 is 0 Å². The number of hydrogen-bond acceptors (Lipinski definition) is 5. The first kappa shape index (κ1) is 20.2. The van der Waals surface area contributed by atoms with E-state index in [4.69, 9.17) is 9.47 Å². The van der Waals surface area contributed by atoms with Crippen LogP contribution in [0.5, 0.6) is 11.5 Å². The molecule has 0 aliphatic rings. The SMILES string of the molecule is COc1ccc(CNC(=O)CN(CC(C)C)S(C)(=O)=O)cc1OC. The minimum Gasteiger partial charge on any atom is -0.493 e. The van der Waals surface area contributed by atoms with E-state index in [0.717, 1.165) is 11.8 Å². The second-order valence-corrected chi connectivity index (χ2v) is 7.90. The summed E-state index contributed by atoms with van der Waals surface area (Å²) in [5.41, 5.74) is 0.829. The van der Waals surface area contributed by atoms with E-state index in [1.807, 2.05) is 19.9 Å². The maximum atomic E-state index is 12.1. The standard InChI is InChI=1S/C16H26N2O5S/c1-12(2)10-18(24(5,20)21)11-16(19)17-9-13-6-7-14(22-3)15(8-13)23-4/h6-8,12H,9-11H2,1-5H3,(H,17,19). The topological polar surface area (TPSA) is 84.9 Å². The van der Waals surface area contributed by atoms with Crippen LogP contribution in [0.1, 0.15) is 19.4 Å². The fourth-order valence-electron chi connectivity index (χ4n) is 2.13. The Morgan fingerprint density at radius 2 is 1.83 bits per heavy atom. The van der Waals surface area contributed by atoms with Crippen molar-refractivity contribution in [3.05, 3.63) is 23.8 Å². The highest BCUT2D eigenvalue weighted by Gasteiger charge is 2.21. The molecule has 1 aromatic rings. The van der Waals surface area contributed by atoms with Crippen LogP contribution >= 0.6 is 0 Å². The number of nitrogens with one attached hydrogen (secondary N) is 1. The molecule has 24 heavy (non-hydrogen) atoms. The Morgan fingerprint density at radius 3 is 2.33 bits per heavy atom. The van der Waals surface area contributed by atoms with E-state index in [-0.39, 0.29) is 24.9 Å². The molecule has 7 nitrogen and oxygen atoms in total. The van der Waals surface area contributed by atoms with E-state index in [1.54, 1.807) is 19.2 Å². The van der Waals surface area contributed by atoms with Gasteiger partial charge in [-0.05, 0) is 23.6 Å². The molecule has 0 atom stereocenters. The second kappa shape index (κ2) is 8.89. The van der Waals surface area contributed by atoms with Gasteiger partial charge in [0.25, 0.3) is 0 Å². The smallest absolute Gasteiger partial charge is 0.235 e. The van der Waals surface area contributed by atoms with Crippen molar-refractivity contribution < 1.29 is 22.7 Å². The number of ether oxygens (including phenoxy) is 2. The second-order valence-electron chi connectivity index (χ2n) is 5.92. The number of hydrogen-bond donors (Lipinski definition) is 1. The lowest BCUT2D eigenvalue weighted by Crippen LogP contribution is -2.41. The van der Waals surface area contributed by atoms with Crippen LogP contribution in [0.2, 0.25) is 0 Å². The molecule has 1 aromatic carbocycles. The van der Waals surface area contributed by atoms with Crippen molar-refractivity contribution in [2.24, 2.45) is 5.92 Å². The minimum absolute atomic E-state index is 0.137. The number of sulfonamides is 1. The Labute approximate surface area is 144 Å². The van der Waals surface area contributed by atoms with Crippen LogP contribution in [0.4, 0.5) is 0 Å². The molecule has 0 spiro atoms. The van der Waals surface area contributed by atoms with Crippen molar-refractivity contribution in [2.45, 2.75) is 20.4 Å². The predicted octanol–water partition coefficient (Wildman–Crippen LogP) is 1.24. The number of carbonyl (C=O) groups is 1. The Morgan fingerprint density at radius 1 is 1.21 bits per heavy atom. The number of amides is 1. The summed E-state index contributed by atoms with van der Waals surface area (Å²) >= 11 is 0. The van der Waals surface area contributed by atoms with E-state index >= 15 is 0 Å². The van der Waals surface area contributed by atoms with E-state index in [9.17, 15) is 13.2 Å². The first-order valence-electron chi connectivity index (χ1n) is 7.60. The molecule has 1 rings (SSSR count). The first-order valence-corrected chi connectivity index (χ1v) is 9.45. The maximum Gasteiger partial charge on any atom is 0.235 e. The van der Waals surface area contributed by atoms with Crippen LogP contribution in [0.3, 0.4) is 0 Å². The number of nitrogens with zero attached hydrogens (tertiary/aromatic N) is 1. The molecular formula is C16H26N2O5S. The van der Waals surface area contributed by atoms with E-state index in [2.05, 4.69) is 5.32 Å². The molecule has 1 amide bonds. The first-order chi connectivity index (χ1) is 11.2. The summed E-state index contributed by atoms with van der Waals surface area (Å²) in [6.07, 6.45) is 1.11. The predicted molar refractivity (Wildman–Crippen MR) is 92.6 cm³/mol. The summed E-state index contributed by atoms with van der Waals surface area (Å²) < 4.78 is 35.0. The molecule has 0 heterocycles. The molecule has 136 valence electrons. The van der Waals surface area contributed by atoms with Gasteiger partial charge in [-0.1, -0.05) is 19.9 Å². The van der Waals surface area contributed by atoms with E-state index < -0.39 is 10.0 Å². The van der Waals surface area contributed by atoms with Gasteiger partial charge in [-0.2, -0.15) is 4.31 Å². The third-order valence-corrected chi connectivity index (χ3v) is 4.51. The van der Waals surface area contributed by atoms with Gasteiger partial charge < -0.3 is 14.8 Å². The van der Waals surface area contributed by atoms with Crippen LogP contribution < -0.4 is 14.8 Å².